The van der Waals surface area contributed by atoms with Gasteiger partial charge in [0.2, 0.25) is 17.3 Å². The molecule has 1 fully saturated rings. The Morgan fingerprint density at radius 3 is 2.37 bits per heavy atom. The highest BCUT2D eigenvalue weighted by molar-refractivity contribution is 6.18. The fourth-order valence-electron chi connectivity index (χ4n) is 3.96. The number of nitrogens with one attached hydrogen (secondary N) is 2. The van der Waals surface area contributed by atoms with E-state index in [-0.39, 0.29) is 18.7 Å². The zero-order valence-electron chi connectivity index (χ0n) is 16.8. The molecule has 0 aliphatic carbocycles. The van der Waals surface area contributed by atoms with Crippen molar-refractivity contribution in [2.75, 3.05) is 31.5 Å². The van der Waals surface area contributed by atoms with Gasteiger partial charge in [0.05, 0.1) is 32.6 Å². The van der Waals surface area contributed by atoms with Gasteiger partial charge in [0.25, 0.3) is 11.8 Å². The van der Waals surface area contributed by atoms with Gasteiger partial charge in [0.15, 0.2) is 11.5 Å². The Balaban J connectivity index is 1.73. The molecule has 2 heterocycles. The third-order valence-electron chi connectivity index (χ3n) is 5.34. The van der Waals surface area contributed by atoms with E-state index in [9.17, 15) is 14.4 Å². The Morgan fingerprint density at radius 2 is 1.73 bits per heavy atom. The van der Waals surface area contributed by atoms with Crippen LogP contribution in [0.3, 0.4) is 0 Å². The van der Waals surface area contributed by atoms with Crippen LogP contribution in [0.1, 0.15) is 23.2 Å². The van der Waals surface area contributed by atoms with Crippen molar-refractivity contribution in [3.8, 4) is 17.2 Å². The van der Waals surface area contributed by atoms with Gasteiger partial charge in [-0.05, 0) is 12.1 Å². The Morgan fingerprint density at radius 1 is 1.07 bits per heavy atom. The Kier molecular flexibility index (Phi) is 4.73. The summed E-state index contributed by atoms with van der Waals surface area (Å²) in [6.07, 6.45) is 0.291. The van der Waals surface area contributed by atoms with Crippen LogP contribution < -0.4 is 29.7 Å². The summed E-state index contributed by atoms with van der Waals surface area (Å²) < 4.78 is 15.9. The van der Waals surface area contributed by atoms with Gasteiger partial charge < -0.3 is 24.8 Å². The van der Waals surface area contributed by atoms with Crippen LogP contribution in [0.25, 0.3) is 0 Å². The fraction of sp³-hybridized carbons (Fsp3) is 0.286. The lowest BCUT2D eigenvalue weighted by molar-refractivity contribution is -0.124. The molecule has 1 atom stereocenters. The van der Waals surface area contributed by atoms with Crippen LogP contribution >= 0.6 is 0 Å². The number of anilines is 2. The molecular formula is C21H21N3O6. The molecule has 2 aliphatic rings. The van der Waals surface area contributed by atoms with E-state index in [0.717, 1.165) is 0 Å². The predicted octanol–water partition coefficient (Wildman–Crippen LogP) is 1.92. The summed E-state index contributed by atoms with van der Waals surface area (Å²) in [7, 11) is 4.42. The van der Waals surface area contributed by atoms with Crippen molar-refractivity contribution in [3.63, 3.8) is 0 Å². The molecule has 1 saturated heterocycles. The average molecular weight is 411 g/mol. The Bertz CT molecular complexity index is 1030. The molecule has 0 bridgehead atoms. The van der Waals surface area contributed by atoms with E-state index >= 15 is 0 Å². The maximum absolute atomic E-state index is 13.4. The topological polar surface area (TPSA) is 106 Å². The zero-order chi connectivity index (χ0) is 21.5. The molecule has 30 heavy (non-hydrogen) atoms. The number of hydrogen-bond donors (Lipinski definition) is 2. The standard InChI is InChI=1S/C21H21N3O6/c1-28-15-10-12(11-16(29-2)18(15)30-3)22-20(27)21-9-8-17(25)24(21)14-7-5-4-6-13(14)19(26)23-21/h4-7,10-11H,8-9H2,1-3H3,(H,22,27)(H,23,26). The molecule has 1 unspecified atom stereocenters. The lowest BCUT2D eigenvalue weighted by Crippen LogP contribution is -2.68. The van der Waals surface area contributed by atoms with Gasteiger partial charge in [-0.15, -0.1) is 0 Å². The number of hydrogen-bond acceptors (Lipinski definition) is 6. The predicted molar refractivity (Wildman–Crippen MR) is 108 cm³/mol. The van der Waals surface area contributed by atoms with Crippen LogP contribution in [0, 0.1) is 0 Å². The average Bonchev–Trinajstić information content (AvgIpc) is 3.10. The van der Waals surface area contributed by atoms with Crippen molar-refractivity contribution < 1.29 is 28.6 Å². The van der Waals surface area contributed by atoms with Crippen molar-refractivity contribution in [3.05, 3.63) is 42.0 Å². The van der Waals surface area contributed by atoms with E-state index in [2.05, 4.69) is 10.6 Å². The van der Waals surface area contributed by atoms with Gasteiger partial charge in [0, 0.05) is 30.7 Å². The second-order valence-corrected chi connectivity index (χ2v) is 6.93. The first-order valence-corrected chi connectivity index (χ1v) is 9.31. The van der Waals surface area contributed by atoms with Crippen LogP contribution in [-0.4, -0.2) is 44.7 Å². The first-order chi connectivity index (χ1) is 14.4. The third kappa shape index (κ3) is 2.81. The summed E-state index contributed by atoms with van der Waals surface area (Å²) in [5.41, 5.74) is -0.368. The summed E-state index contributed by atoms with van der Waals surface area (Å²) in [6, 6.07) is 9.88. The number of nitrogens with zero attached hydrogens (tertiary/aromatic N) is 1. The number of fused-ring (bicyclic) bond motifs is 3. The highest BCUT2D eigenvalue weighted by Gasteiger charge is 2.56. The second kappa shape index (κ2) is 7.25. The molecule has 9 nitrogen and oxygen atoms in total. The molecule has 2 aromatic rings. The zero-order valence-corrected chi connectivity index (χ0v) is 16.8. The first-order valence-electron chi connectivity index (χ1n) is 9.31. The smallest absolute Gasteiger partial charge is 0.271 e. The van der Waals surface area contributed by atoms with Crippen molar-refractivity contribution in [2.45, 2.75) is 18.5 Å². The van der Waals surface area contributed by atoms with Crippen LogP contribution in [0.2, 0.25) is 0 Å². The second-order valence-electron chi connectivity index (χ2n) is 6.93. The van der Waals surface area contributed by atoms with Crippen LogP contribution in [-0.2, 0) is 9.59 Å². The number of amides is 3. The van der Waals surface area contributed by atoms with Crippen LogP contribution in [0.5, 0.6) is 17.2 Å². The van der Waals surface area contributed by atoms with Crippen molar-refractivity contribution >= 4 is 29.1 Å². The normalized spacial score (nSPS) is 19.5. The summed E-state index contributed by atoms with van der Waals surface area (Å²) >= 11 is 0. The van der Waals surface area contributed by atoms with E-state index in [1.54, 1.807) is 36.4 Å². The lowest BCUT2D eigenvalue weighted by Gasteiger charge is -2.41. The molecule has 0 aromatic heterocycles. The van der Waals surface area contributed by atoms with E-state index in [0.29, 0.717) is 34.2 Å². The minimum absolute atomic E-state index is 0.136. The molecule has 2 aliphatic heterocycles. The number of carbonyl (C=O) groups excluding carboxylic acids is 3. The molecule has 0 spiro atoms. The summed E-state index contributed by atoms with van der Waals surface area (Å²) in [5.74, 6) is -0.0673. The Hall–Kier alpha value is -3.75. The highest BCUT2D eigenvalue weighted by atomic mass is 16.5. The van der Waals surface area contributed by atoms with E-state index < -0.39 is 17.5 Å². The van der Waals surface area contributed by atoms with Crippen LogP contribution in [0.15, 0.2) is 36.4 Å². The van der Waals surface area contributed by atoms with E-state index in [4.69, 9.17) is 14.2 Å². The van der Waals surface area contributed by atoms with Crippen LogP contribution in [0.4, 0.5) is 11.4 Å². The SMILES string of the molecule is COc1cc(NC(=O)C23CCC(=O)N2c2ccccc2C(=O)N3)cc(OC)c1OC. The largest absolute Gasteiger partial charge is 0.493 e. The quantitative estimate of drug-likeness (QED) is 0.779. The molecule has 156 valence electrons. The number of carbonyl (C=O) groups is 3. The third-order valence-corrected chi connectivity index (χ3v) is 5.34. The van der Waals surface area contributed by atoms with E-state index in [1.807, 2.05) is 0 Å². The first kappa shape index (κ1) is 19.6. The highest BCUT2D eigenvalue weighted by Crippen LogP contribution is 2.42. The molecule has 0 radical (unpaired) electrons. The summed E-state index contributed by atoms with van der Waals surface area (Å²) in [5, 5.41) is 5.53. The van der Waals surface area contributed by atoms with E-state index in [1.165, 1.54) is 26.2 Å². The van der Waals surface area contributed by atoms with Gasteiger partial charge in [-0.2, -0.15) is 0 Å². The summed E-state index contributed by atoms with van der Waals surface area (Å²) in [6.45, 7) is 0. The lowest BCUT2D eigenvalue weighted by atomic mass is 9.98. The molecular weight excluding hydrogens is 390 g/mol. The Labute approximate surface area is 172 Å². The van der Waals surface area contributed by atoms with Crippen molar-refractivity contribution in [1.82, 2.24) is 5.32 Å². The minimum Gasteiger partial charge on any atom is -0.493 e. The minimum atomic E-state index is -1.51. The van der Waals surface area contributed by atoms with Crippen molar-refractivity contribution in [1.29, 1.82) is 0 Å². The van der Waals surface area contributed by atoms with Gasteiger partial charge in [-0.25, -0.2) is 0 Å². The monoisotopic (exact) mass is 411 g/mol. The molecule has 0 saturated carbocycles. The molecule has 4 rings (SSSR count). The number of methoxy groups -OCH3 is 3. The van der Waals surface area contributed by atoms with Crippen molar-refractivity contribution in [2.24, 2.45) is 0 Å². The molecule has 9 heteroatoms. The van der Waals surface area contributed by atoms with Gasteiger partial charge in [0.1, 0.15) is 0 Å². The maximum Gasteiger partial charge on any atom is 0.271 e. The van der Waals surface area contributed by atoms with Gasteiger partial charge >= 0.3 is 0 Å². The van der Waals surface area contributed by atoms with Gasteiger partial charge in [-0.1, -0.05) is 12.1 Å². The van der Waals surface area contributed by atoms with Gasteiger partial charge in [-0.3, -0.25) is 19.3 Å². The number of rotatable bonds is 5. The summed E-state index contributed by atoms with van der Waals surface area (Å²) in [4.78, 5) is 40.1. The maximum atomic E-state index is 13.4. The molecule has 3 amide bonds. The number of para-hydroxylation sites is 1. The fourth-order valence-corrected chi connectivity index (χ4v) is 3.96. The molecule has 2 aromatic carbocycles. The number of benzene rings is 2. The number of ether oxygens (including phenoxy) is 3. The molecule has 2 N–H and O–H groups in total.